The van der Waals surface area contributed by atoms with Gasteiger partial charge in [0.1, 0.15) is 12.3 Å². The number of halogens is 1. The van der Waals surface area contributed by atoms with Crippen LogP contribution in [0.15, 0.2) is 60.7 Å². The quantitative estimate of drug-likeness (QED) is 0.681. The topological polar surface area (TPSA) is 67.0 Å². The Balaban J connectivity index is 1.52. The van der Waals surface area contributed by atoms with E-state index in [4.69, 9.17) is 4.74 Å². The number of rotatable bonds is 7. The summed E-state index contributed by atoms with van der Waals surface area (Å²) in [6.45, 7) is 2.66. The highest BCUT2D eigenvalue weighted by atomic mass is 19.1. The Kier molecular flexibility index (Phi) is 5.63. The fraction of sp³-hybridized carbons (Fsp3) is 0.200. The Morgan fingerprint density at radius 2 is 1.92 bits per heavy atom. The summed E-state index contributed by atoms with van der Waals surface area (Å²) in [5.41, 5.74) is 2.03. The molecule has 0 saturated heterocycles. The average molecular weight is 353 g/mol. The van der Waals surface area contributed by atoms with E-state index in [0.29, 0.717) is 12.2 Å². The Labute approximate surface area is 151 Å². The fourth-order valence-corrected chi connectivity index (χ4v) is 2.50. The molecular weight excluding hydrogens is 333 g/mol. The lowest BCUT2D eigenvalue weighted by atomic mass is 10.0. The lowest BCUT2D eigenvalue weighted by molar-refractivity contribution is 0.0946. The zero-order valence-electron chi connectivity index (χ0n) is 14.4. The number of benzene rings is 2. The van der Waals surface area contributed by atoms with Crippen molar-refractivity contribution in [2.75, 3.05) is 6.54 Å². The molecule has 6 heteroatoms. The zero-order chi connectivity index (χ0) is 18.4. The standard InChI is InChI=1S/C20H20FN3O2/c1-14(15-7-3-2-4-8-15)12-22-20(25)18-11-16(23-24-18)13-26-19-10-6-5-9-17(19)21/h2-11,14H,12-13H2,1H3,(H,22,25)(H,23,24)/t14-/m0/s1. The number of amides is 1. The molecule has 1 atom stereocenters. The zero-order valence-corrected chi connectivity index (χ0v) is 14.4. The minimum atomic E-state index is -0.431. The van der Waals surface area contributed by atoms with E-state index >= 15 is 0 Å². The van der Waals surface area contributed by atoms with Crippen LogP contribution in [0.4, 0.5) is 4.39 Å². The smallest absolute Gasteiger partial charge is 0.271 e. The number of para-hydroxylation sites is 1. The Hall–Kier alpha value is -3.15. The van der Waals surface area contributed by atoms with Crippen LogP contribution in [0.5, 0.6) is 5.75 Å². The second kappa shape index (κ2) is 8.29. The maximum absolute atomic E-state index is 13.5. The predicted molar refractivity (Wildman–Crippen MR) is 96.5 cm³/mol. The van der Waals surface area contributed by atoms with Gasteiger partial charge in [0.05, 0.1) is 5.69 Å². The van der Waals surface area contributed by atoms with Gasteiger partial charge in [0.25, 0.3) is 5.91 Å². The first kappa shape index (κ1) is 17.7. The molecule has 26 heavy (non-hydrogen) atoms. The van der Waals surface area contributed by atoms with Crippen molar-refractivity contribution < 1.29 is 13.9 Å². The lowest BCUT2D eigenvalue weighted by Gasteiger charge is -2.12. The van der Waals surface area contributed by atoms with Gasteiger partial charge in [-0.1, -0.05) is 49.4 Å². The minimum absolute atomic E-state index is 0.0988. The van der Waals surface area contributed by atoms with Gasteiger partial charge in [0.2, 0.25) is 0 Å². The Bertz CT molecular complexity index is 864. The highest BCUT2D eigenvalue weighted by molar-refractivity contribution is 5.92. The average Bonchev–Trinajstić information content (AvgIpc) is 3.15. The maximum atomic E-state index is 13.5. The fourth-order valence-electron chi connectivity index (χ4n) is 2.50. The molecule has 0 bridgehead atoms. The van der Waals surface area contributed by atoms with Crippen molar-refractivity contribution in [2.45, 2.75) is 19.4 Å². The number of nitrogens with one attached hydrogen (secondary N) is 2. The van der Waals surface area contributed by atoms with E-state index in [-0.39, 0.29) is 29.9 Å². The van der Waals surface area contributed by atoms with E-state index in [0.717, 1.165) is 5.56 Å². The molecule has 0 unspecified atom stereocenters. The number of aromatic amines is 1. The Morgan fingerprint density at radius 3 is 2.69 bits per heavy atom. The summed E-state index contributed by atoms with van der Waals surface area (Å²) in [7, 11) is 0. The number of aromatic nitrogens is 2. The third kappa shape index (κ3) is 4.47. The Morgan fingerprint density at radius 1 is 1.19 bits per heavy atom. The van der Waals surface area contributed by atoms with Crippen LogP contribution < -0.4 is 10.1 Å². The summed E-state index contributed by atoms with van der Waals surface area (Å²) >= 11 is 0. The molecule has 1 aromatic heterocycles. The van der Waals surface area contributed by atoms with Crippen LogP contribution >= 0.6 is 0 Å². The molecule has 1 amide bonds. The number of hydrogen-bond donors (Lipinski definition) is 2. The van der Waals surface area contributed by atoms with E-state index in [1.807, 2.05) is 37.3 Å². The summed E-state index contributed by atoms with van der Waals surface area (Å²) in [5.74, 6) is -0.339. The van der Waals surface area contributed by atoms with Gasteiger partial charge >= 0.3 is 0 Å². The van der Waals surface area contributed by atoms with Crippen LogP contribution in [-0.4, -0.2) is 22.6 Å². The van der Waals surface area contributed by atoms with E-state index in [9.17, 15) is 9.18 Å². The van der Waals surface area contributed by atoms with Gasteiger partial charge in [-0.25, -0.2) is 4.39 Å². The molecule has 3 aromatic rings. The van der Waals surface area contributed by atoms with Crippen molar-refractivity contribution in [3.05, 3.63) is 83.4 Å². The summed E-state index contributed by atoms with van der Waals surface area (Å²) in [6.07, 6.45) is 0. The van der Waals surface area contributed by atoms with Gasteiger partial charge < -0.3 is 10.1 Å². The van der Waals surface area contributed by atoms with Crippen molar-refractivity contribution in [1.29, 1.82) is 0 Å². The van der Waals surface area contributed by atoms with E-state index in [2.05, 4.69) is 15.5 Å². The van der Waals surface area contributed by atoms with Gasteiger partial charge in [-0.3, -0.25) is 9.89 Å². The second-order valence-corrected chi connectivity index (χ2v) is 6.02. The summed E-state index contributed by atoms with van der Waals surface area (Å²) in [5, 5.41) is 9.60. The first-order valence-electron chi connectivity index (χ1n) is 8.38. The molecule has 2 aromatic carbocycles. The molecule has 1 heterocycles. The third-order valence-electron chi connectivity index (χ3n) is 4.02. The molecule has 0 fully saturated rings. The number of nitrogens with zero attached hydrogens (tertiary/aromatic N) is 1. The van der Waals surface area contributed by atoms with E-state index in [1.54, 1.807) is 24.3 Å². The second-order valence-electron chi connectivity index (χ2n) is 6.02. The molecule has 2 N–H and O–H groups in total. The largest absolute Gasteiger partial charge is 0.484 e. The van der Waals surface area contributed by atoms with Crippen molar-refractivity contribution >= 4 is 5.91 Å². The highest BCUT2D eigenvalue weighted by Gasteiger charge is 2.13. The molecule has 0 spiro atoms. The number of H-pyrrole nitrogens is 1. The third-order valence-corrected chi connectivity index (χ3v) is 4.02. The monoisotopic (exact) mass is 353 g/mol. The van der Waals surface area contributed by atoms with Crippen molar-refractivity contribution in [2.24, 2.45) is 0 Å². The molecule has 5 nitrogen and oxygen atoms in total. The first-order chi connectivity index (χ1) is 12.6. The van der Waals surface area contributed by atoms with Crippen LogP contribution in [0.2, 0.25) is 0 Å². The van der Waals surface area contributed by atoms with E-state index in [1.165, 1.54) is 6.07 Å². The van der Waals surface area contributed by atoms with Gasteiger partial charge in [-0.2, -0.15) is 5.10 Å². The first-order valence-corrected chi connectivity index (χ1v) is 8.38. The van der Waals surface area contributed by atoms with E-state index < -0.39 is 5.82 Å². The van der Waals surface area contributed by atoms with Gasteiger partial charge in [0, 0.05) is 6.54 Å². The van der Waals surface area contributed by atoms with Crippen LogP contribution in [-0.2, 0) is 6.61 Å². The number of hydrogen-bond acceptors (Lipinski definition) is 3. The van der Waals surface area contributed by atoms with Crippen LogP contribution in [0.3, 0.4) is 0 Å². The SMILES string of the molecule is C[C@@H](CNC(=O)c1cc(COc2ccccc2F)[nH]n1)c1ccccc1. The number of carbonyl (C=O) groups is 1. The van der Waals surface area contributed by atoms with Crippen molar-refractivity contribution in [3.63, 3.8) is 0 Å². The molecule has 0 saturated carbocycles. The molecule has 0 aliphatic rings. The maximum Gasteiger partial charge on any atom is 0.271 e. The molecule has 134 valence electrons. The minimum Gasteiger partial charge on any atom is -0.484 e. The summed E-state index contributed by atoms with van der Waals surface area (Å²) in [4.78, 5) is 12.2. The summed E-state index contributed by atoms with van der Waals surface area (Å²) < 4.78 is 18.9. The van der Waals surface area contributed by atoms with Crippen LogP contribution in [0, 0.1) is 5.82 Å². The molecule has 3 rings (SSSR count). The van der Waals surface area contributed by atoms with Crippen LogP contribution in [0.25, 0.3) is 0 Å². The lowest BCUT2D eigenvalue weighted by Crippen LogP contribution is -2.27. The van der Waals surface area contributed by atoms with Crippen LogP contribution in [0.1, 0.15) is 34.6 Å². The van der Waals surface area contributed by atoms with Gasteiger partial charge in [-0.05, 0) is 29.7 Å². The number of ether oxygens (including phenoxy) is 1. The normalized spacial score (nSPS) is 11.8. The molecule has 0 aliphatic heterocycles. The molecular formula is C20H20FN3O2. The highest BCUT2D eigenvalue weighted by Crippen LogP contribution is 2.17. The summed E-state index contributed by atoms with van der Waals surface area (Å²) in [6, 6.07) is 17.7. The number of carbonyl (C=O) groups excluding carboxylic acids is 1. The molecule has 0 radical (unpaired) electrons. The van der Waals surface area contributed by atoms with Gasteiger partial charge in [0.15, 0.2) is 11.6 Å². The van der Waals surface area contributed by atoms with Crippen molar-refractivity contribution in [1.82, 2.24) is 15.5 Å². The van der Waals surface area contributed by atoms with Gasteiger partial charge in [-0.15, -0.1) is 0 Å². The predicted octanol–water partition coefficient (Wildman–Crippen LogP) is 3.66. The molecule has 0 aliphatic carbocycles. The van der Waals surface area contributed by atoms with Crippen molar-refractivity contribution in [3.8, 4) is 5.75 Å².